The number of amides is 1. The SMILES string of the molecule is COCC1(CNC(=O)CCc2ccc3c(c2)OCCO3)CCNCC1.Cl. The van der Waals surface area contributed by atoms with Crippen molar-refractivity contribution in [1.82, 2.24) is 10.6 Å². The van der Waals surface area contributed by atoms with Crippen molar-refractivity contribution in [3.8, 4) is 11.5 Å². The number of carbonyl (C=O) groups is 1. The zero-order valence-corrected chi connectivity index (χ0v) is 16.2. The van der Waals surface area contributed by atoms with Gasteiger partial charge in [0.05, 0.1) is 6.61 Å². The molecule has 1 aromatic rings. The molecule has 2 aliphatic heterocycles. The smallest absolute Gasteiger partial charge is 0.220 e. The number of ether oxygens (including phenoxy) is 3. The van der Waals surface area contributed by atoms with Crippen LogP contribution in [0.1, 0.15) is 24.8 Å². The van der Waals surface area contributed by atoms with Crippen molar-refractivity contribution in [2.24, 2.45) is 5.41 Å². The van der Waals surface area contributed by atoms with E-state index in [1.807, 2.05) is 18.2 Å². The molecule has 146 valence electrons. The molecule has 0 aromatic heterocycles. The van der Waals surface area contributed by atoms with Gasteiger partial charge in [-0.2, -0.15) is 0 Å². The molecule has 2 aliphatic rings. The lowest BCUT2D eigenvalue weighted by molar-refractivity contribution is -0.122. The highest BCUT2D eigenvalue weighted by atomic mass is 35.5. The summed E-state index contributed by atoms with van der Waals surface area (Å²) in [4.78, 5) is 12.3. The third-order valence-electron chi connectivity index (χ3n) is 5.02. The Bertz CT molecular complexity index is 585. The number of aryl methyl sites for hydroxylation is 1. The number of fused-ring (bicyclic) bond motifs is 1. The summed E-state index contributed by atoms with van der Waals surface area (Å²) >= 11 is 0. The molecule has 1 amide bonds. The normalized spacial score (nSPS) is 17.9. The van der Waals surface area contributed by atoms with Gasteiger partial charge in [-0.1, -0.05) is 6.07 Å². The van der Waals surface area contributed by atoms with Crippen LogP contribution in [0.5, 0.6) is 11.5 Å². The summed E-state index contributed by atoms with van der Waals surface area (Å²) in [5.41, 5.74) is 1.15. The number of piperidine rings is 1. The van der Waals surface area contributed by atoms with E-state index in [2.05, 4.69) is 10.6 Å². The number of hydrogen-bond donors (Lipinski definition) is 2. The van der Waals surface area contributed by atoms with Crippen LogP contribution in [-0.4, -0.2) is 52.5 Å². The number of halogens is 1. The summed E-state index contributed by atoms with van der Waals surface area (Å²) in [6, 6.07) is 5.89. The number of benzene rings is 1. The molecule has 0 saturated carbocycles. The number of hydrogen-bond acceptors (Lipinski definition) is 5. The molecule has 6 nitrogen and oxygen atoms in total. The van der Waals surface area contributed by atoms with Gasteiger partial charge in [0.1, 0.15) is 13.2 Å². The molecule has 0 unspecified atom stereocenters. The van der Waals surface area contributed by atoms with Crippen molar-refractivity contribution in [1.29, 1.82) is 0 Å². The Balaban J connectivity index is 0.00000243. The Morgan fingerprint density at radius 3 is 2.69 bits per heavy atom. The van der Waals surface area contributed by atoms with Crippen LogP contribution in [0, 0.1) is 5.41 Å². The van der Waals surface area contributed by atoms with Crippen LogP contribution >= 0.6 is 12.4 Å². The summed E-state index contributed by atoms with van der Waals surface area (Å²) in [5, 5.41) is 6.47. The quantitative estimate of drug-likeness (QED) is 0.752. The monoisotopic (exact) mass is 384 g/mol. The topological polar surface area (TPSA) is 68.8 Å². The maximum atomic E-state index is 12.3. The van der Waals surface area contributed by atoms with Crippen LogP contribution in [0.2, 0.25) is 0 Å². The van der Waals surface area contributed by atoms with Crippen LogP contribution in [0.25, 0.3) is 0 Å². The fraction of sp³-hybridized carbons (Fsp3) is 0.632. The van der Waals surface area contributed by atoms with Gasteiger partial charge in [-0.15, -0.1) is 12.4 Å². The zero-order chi connectivity index (χ0) is 17.5. The lowest BCUT2D eigenvalue weighted by Crippen LogP contribution is -2.47. The number of rotatable bonds is 7. The highest BCUT2D eigenvalue weighted by Gasteiger charge is 2.32. The van der Waals surface area contributed by atoms with E-state index in [4.69, 9.17) is 14.2 Å². The Morgan fingerprint density at radius 2 is 1.96 bits per heavy atom. The van der Waals surface area contributed by atoms with Gasteiger partial charge in [-0.05, 0) is 50.0 Å². The fourth-order valence-electron chi connectivity index (χ4n) is 3.51. The van der Waals surface area contributed by atoms with Crippen LogP contribution in [0.3, 0.4) is 0 Å². The molecule has 0 atom stereocenters. The van der Waals surface area contributed by atoms with Crippen LogP contribution in [-0.2, 0) is 16.0 Å². The van der Waals surface area contributed by atoms with E-state index in [1.165, 1.54) is 0 Å². The van der Waals surface area contributed by atoms with Crippen LogP contribution in [0.4, 0.5) is 0 Å². The maximum Gasteiger partial charge on any atom is 0.220 e. The van der Waals surface area contributed by atoms with Crippen molar-refractivity contribution in [3.63, 3.8) is 0 Å². The third kappa shape index (κ3) is 5.50. The molecule has 7 heteroatoms. The molecule has 1 saturated heterocycles. The average Bonchev–Trinajstić information content (AvgIpc) is 2.65. The first-order valence-corrected chi connectivity index (χ1v) is 9.06. The van der Waals surface area contributed by atoms with Crippen molar-refractivity contribution in [2.45, 2.75) is 25.7 Å². The maximum absolute atomic E-state index is 12.3. The second-order valence-corrected chi connectivity index (χ2v) is 6.94. The van der Waals surface area contributed by atoms with Crippen molar-refractivity contribution < 1.29 is 19.0 Å². The van der Waals surface area contributed by atoms with Crippen LogP contribution < -0.4 is 20.1 Å². The molecule has 0 aliphatic carbocycles. The molecule has 0 spiro atoms. The fourth-order valence-corrected chi connectivity index (χ4v) is 3.51. The Morgan fingerprint density at radius 1 is 1.23 bits per heavy atom. The predicted octanol–water partition coefficient (Wildman–Crippen LogP) is 1.94. The van der Waals surface area contributed by atoms with E-state index >= 15 is 0 Å². The second kappa shape index (κ2) is 10.00. The standard InChI is InChI=1S/C19H28N2O4.ClH/c1-23-14-19(6-8-20-9-7-19)13-21-18(22)5-3-15-2-4-16-17(12-15)25-11-10-24-16;/h2,4,12,20H,3,5-11,13-14H2,1H3,(H,21,22);1H. The first-order chi connectivity index (χ1) is 12.2. The van der Waals surface area contributed by atoms with Gasteiger partial charge in [0.25, 0.3) is 0 Å². The average molecular weight is 385 g/mol. The molecular weight excluding hydrogens is 356 g/mol. The predicted molar refractivity (Wildman–Crippen MR) is 102 cm³/mol. The summed E-state index contributed by atoms with van der Waals surface area (Å²) in [5.74, 6) is 1.65. The largest absolute Gasteiger partial charge is 0.486 e. The van der Waals surface area contributed by atoms with Gasteiger partial charge >= 0.3 is 0 Å². The van der Waals surface area contributed by atoms with Gasteiger partial charge in [-0.25, -0.2) is 0 Å². The van der Waals surface area contributed by atoms with E-state index in [-0.39, 0.29) is 23.7 Å². The minimum Gasteiger partial charge on any atom is -0.486 e. The lowest BCUT2D eigenvalue weighted by Gasteiger charge is -2.37. The first kappa shape index (κ1) is 20.8. The van der Waals surface area contributed by atoms with Gasteiger partial charge in [-0.3, -0.25) is 4.79 Å². The number of nitrogens with one attached hydrogen (secondary N) is 2. The number of methoxy groups -OCH3 is 1. The van der Waals surface area contributed by atoms with E-state index < -0.39 is 0 Å². The third-order valence-corrected chi connectivity index (χ3v) is 5.02. The molecule has 0 radical (unpaired) electrons. The minimum atomic E-state index is 0. The van der Waals surface area contributed by atoms with Crippen molar-refractivity contribution in [3.05, 3.63) is 23.8 Å². The molecule has 1 aromatic carbocycles. The highest BCUT2D eigenvalue weighted by molar-refractivity contribution is 5.85. The summed E-state index contributed by atoms with van der Waals surface area (Å²) in [7, 11) is 1.73. The Hall–Kier alpha value is -1.50. The summed E-state index contributed by atoms with van der Waals surface area (Å²) in [6.07, 6.45) is 3.23. The number of carbonyl (C=O) groups excluding carboxylic acids is 1. The van der Waals surface area contributed by atoms with E-state index in [0.717, 1.165) is 43.0 Å². The lowest BCUT2D eigenvalue weighted by atomic mass is 9.79. The van der Waals surface area contributed by atoms with Gasteiger partial charge in [0.15, 0.2) is 11.5 Å². The highest BCUT2D eigenvalue weighted by Crippen LogP contribution is 2.31. The molecule has 26 heavy (non-hydrogen) atoms. The van der Waals surface area contributed by atoms with Gasteiger partial charge < -0.3 is 24.8 Å². The van der Waals surface area contributed by atoms with E-state index in [9.17, 15) is 4.79 Å². The summed E-state index contributed by atoms with van der Waals surface area (Å²) in [6.45, 7) is 4.51. The molecule has 2 heterocycles. The van der Waals surface area contributed by atoms with Gasteiger partial charge in [0, 0.05) is 25.5 Å². The molecule has 1 fully saturated rings. The van der Waals surface area contributed by atoms with E-state index in [1.54, 1.807) is 7.11 Å². The van der Waals surface area contributed by atoms with Crippen molar-refractivity contribution >= 4 is 18.3 Å². The van der Waals surface area contributed by atoms with Gasteiger partial charge in [0.2, 0.25) is 5.91 Å². The summed E-state index contributed by atoms with van der Waals surface area (Å²) < 4.78 is 16.5. The minimum absolute atomic E-state index is 0. The Kier molecular flexibility index (Phi) is 8.00. The molecule has 3 rings (SSSR count). The molecular formula is C19H29ClN2O4. The zero-order valence-electron chi connectivity index (χ0n) is 15.3. The second-order valence-electron chi connectivity index (χ2n) is 6.94. The molecule has 2 N–H and O–H groups in total. The molecule has 0 bridgehead atoms. The van der Waals surface area contributed by atoms with Crippen LogP contribution in [0.15, 0.2) is 18.2 Å². The van der Waals surface area contributed by atoms with Crippen molar-refractivity contribution in [2.75, 3.05) is 46.6 Å². The first-order valence-electron chi connectivity index (χ1n) is 9.06. The Labute approximate surface area is 161 Å². The van der Waals surface area contributed by atoms with E-state index in [0.29, 0.717) is 39.2 Å².